The molecule has 1 fully saturated rings. The Hall–Kier alpha value is -1.99. The monoisotopic (exact) mass is 374 g/mol. The summed E-state index contributed by atoms with van der Waals surface area (Å²) in [6, 6.07) is 2.22. The number of ether oxygens (including phenoxy) is 2. The molecule has 0 aromatic carbocycles. The Morgan fingerprint density at radius 2 is 1.85 bits per heavy atom. The Morgan fingerprint density at radius 1 is 1.19 bits per heavy atom. The van der Waals surface area contributed by atoms with Gasteiger partial charge < -0.3 is 14.8 Å². The first-order valence-corrected chi connectivity index (χ1v) is 8.70. The molecule has 1 amide bonds. The summed E-state index contributed by atoms with van der Waals surface area (Å²) in [5.74, 6) is 0.682. The molecule has 8 heteroatoms. The quantitative estimate of drug-likeness (QED) is 0.839. The third-order valence-corrected chi connectivity index (χ3v) is 4.06. The van der Waals surface area contributed by atoms with Gasteiger partial charge in [-0.2, -0.15) is 13.2 Å². The van der Waals surface area contributed by atoms with Crippen LogP contribution in [0, 0.1) is 5.92 Å². The number of alkyl carbamates (subject to hydrolysis) is 1. The third kappa shape index (κ3) is 6.72. The van der Waals surface area contributed by atoms with Gasteiger partial charge >= 0.3 is 12.3 Å². The van der Waals surface area contributed by atoms with Gasteiger partial charge in [0.15, 0.2) is 0 Å². The van der Waals surface area contributed by atoms with E-state index in [9.17, 15) is 18.0 Å². The van der Waals surface area contributed by atoms with Crippen LogP contribution in [0.5, 0.6) is 5.75 Å². The van der Waals surface area contributed by atoms with Crippen LogP contribution in [0.4, 0.5) is 18.0 Å². The van der Waals surface area contributed by atoms with Crippen LogP contribution in [0.3, 0.4) is 0 Å². The summed E-state index contributed by atoms with van der Waals surface area (Å²) in [7, 11) is 0. The first kappa shape index (κ1) is 20.3. The maximum atomic E-state index is 12.5. The number of hydrogen-bond donors (Lipinski definition) is 1. The lowest BCUT2D eigenvalue weighted by molar-refractivity contribution is -0.141. The predicted molar refractivity (Wildman–Crippen MR) is 89.8 cm³/mol. The van der Waals surface area contributed by atoms with Gasteiger partial charge in [0.1, 0.15) is 17.0 Å². The molecule has 1 aliphatic rings. The molecule has 0 aliphatic heterocycles. The third-order valence-electron chi connectivity index (χ3n) is 4.06. The van der Waals surface area contributed by atoms with E-state index < -0.39 is 23.6 Å². The molecule has 26 heavy (non-hydrogen) atoms. The fourth-order valence-corrected chi connectivity index (χ4v) is 2.81. The fourth-order valence-electron chi connectivity index (χ4n) is 2.81. The van der Waals surface area contributed by atoms with Crippen LogP contribution in [-0.4, -0.2) is 29.3 Å². The van der Waals surface area contributed by atoms with Gasteiger partial charge in [0.2, 0.25) is 0 Å². The number of nitrogens with one attached hydrogen (secondary N) is 1. The van der Waals surface area contributed by atoms with E-state index in [-0.39, 0.29) is 6.10 Å². The van der Waals surface area contributed by atoms with Gasteiger partial charge in [-0.15, -0.1) is 0 Å². The molecule has 0 bridgehead atoms. The summed E-state index contributed by atoms with van der Waals surface area (Å²) in [4.78, 5) is 15.1. The summed E-state index contributed by atoms with van der Waals surface area (Å²) < 4.78 is 48.4. The Labute approximate surface area is 151 Å². The van der Waals surface area contributed by atoms with E-state index >= 15 is 0 Å². The SMILES string of the molecule is CC(C)(C)OC(=O)NCC1CCC(Oc2ccc(C(F)(F)F)nc2)CC1. The van der Waals surface area contributed by atoms with E-state index in [1.807, 2.05) is 20.8 Å². The van der Waals surface area contributed by atoms with Gasteiger partial charge in [-0.1, -0.05) is 0 Å². The highest BCUT2D eigenvalue weighted by Gasteiger charge is 2.32. The first-order valence-electron chi connectivity index (χ1n) is 8.70. The summed E-state index contributed by atoms with van der Waals surface area (Å²) in [5, 5.41) is 2.78. The lowest BCUT2D eigenvalue weighted by Gasteiger charge is -2.29. The van der Waals surface area contributed by atoms with Gasteiger partial charge in [0, 0.05) is 6.54 Å². The van der Waals surface area contributed by atoms with E-state index in [0.29, 0.717) is 18.2 Å². The first-order chi connectivity index (χ1) is 12.0. The van der Waals surface area contributed by atoms with Crippen molar-refractivity contribution in [2.75, 3.05) is 6.54 Å². The summed E-state index contributed by atoms with van der Waals surface area (Å²) >= 11 is 0. The van der Waals surface area contributed by atoms with Crippen molar-refractivity contribution in [3.63, 3.8) is 0 Å². The van der Waals surface area contributed by atoms with Crippen molar-refractivity contribution in [1.82, 2.24) is 10.3 Å². The van der Waals surface area contributed by atoms with Gasteiger partial charge in [-0.25, -0.2) is 9.78 Å². The fraction of sp³-hybridized carbons (Fsp3) is 0.667. The second kappa shape index (κ2) is 8.14. The number of aromatic nitrogens is 1. The summed E-state index contributed by atoms with van der Waals surface area (Å²) in [6.45, 7) is 5.98. The van der Waals surface area contributed by atoms with E-state index in [4.69, 9.17) is 9.47 Å². The predicted octanol–water partition coefficient (Wildman–Crippen LogP) is 4.56. The van der Waals surface area contributed by atoms with Crippen LogP contribution in [-0.2, 0) is 10.9 Å². The zero-order chi connectivity index (χ0) is 19.4. The maximum absolute atomic E-state index is 12.5. The van der Waals surface area contributed by atoms with E-state index in [2.05, 4.69) is 10.3 Å². The number of pyridine rings is 1. The molecule has 0 unspecified atom stereocenters. The molecule has 1 aliphatic carbocycles. The molecule has 5 nitrogen and oxygen atoms in total. The maximum Gasteiger partial charge on any atom is 0.433 e. The smallest absolute Gasteiger partial charge is 0.433 e. The second-order valence-electron chi connectivity index (χ2n) is 7.52. The molecule has 2 rings (SSSR count). The molecule has 1 aromatic rings. The van der Waals surface area contributed by atoms with Crippen LogP contribution in [0.2, 0.25) is 0 Å². The van der Waals surface area contributed by atoms with Crippen LogP contribution in [0.1, 0.15) is 52.1 Å². The van der Waals surface area contributed by atoms with Crippen LogP contribution in [0.25, 0.3) is 0 Å². The average molecular weight is 374 g/mol. The minimum atomic E-state index is -4.45. The lowest BCUT2D eigenvalue weighted by atomic mass is 9.87. The average Bonchev–Trinajstić information content (AvgIpc) is 2.52. The Balaban J connectivity index is 1.72. The van der Waals surface area contributed by atoms with Gasteiger partial charge in [0.05, 0.1) is 12.3 Å². The topological polar surface area (TPSA) is 60.5 Å². The van der Waals surface area contributed by atoms with Crippen LogP contribution >= 0.6 is 0 Å². The lowest BCUT2D eigenvalue weighted by Crippen LogP contribution is -2.37. The minimum Gasteiger partial charge on any atom is -0.489 e. The molecule has 1 aromatic heterocycles. The van der Waals surface area contributed by atoms with Crippen molar-refractivity contribution in [2.45, 2.75) is 64.3 Å². The highest BCUT2D eigenvalue weighted by Crippen LogP contribution is 2.30. The van der Waals surface area contributed by atoms with Gasteiger partial charge in [-0.3, -0.25) is 0 Å². The second-order valence-corrected chi connectivity index (χ2v) is 7.52. The van der Waals surface area contributed by atoms with Crippen molar-refractivity contribution in [2.24, 2.45) is 5.92 Å². The number of carbonyl (C=O) groups excluding carboxylic acids is 1. The van der Waals surface area contributed by atoms with Crippen LogP contribution < -0.4 is 10.1 Å². The number of carbonyl (C=O) groups is 1. The Bertz CT molecular complexity index is 589. The molecule has 0 radical (unpaired) electrons. The molecule has 1 heterocycles. The molecule has 1 N–H and O–H groups in total. The van der Waals surface area contributed by atoms with Crippen molar-refractivity contribution in [1.29, 1.82) is 0 Å². The van der Waals surface area contributed by atoms with Crippen molar-refractivity contribution < 1.29 is 27.4 Å². The van der Waals surface area contributed by atoms with Crippen molar-refractivity contribution in [3.8, 4) is 5.75 Å². The number of hydrogen-bond acceptors (Lipinski definition) is 4. The van der Waals surface area contributed by atoms with E-state index in [1.54, 1.807) is 0 Å². The molecule has 1 saturated carbocycles. The normalized spacial score (nSPS) is 21.2. The van der Waals surface area contributed by atoms with Crippen LogP contribution in [0.15, 0.2) is 18.3 Å². The minimum absolute atomic E-state index is 0.0497. The zero-order valence-electron chi connectivity index (χ0n) is 15.2. The van der Waals surface area contributed by atoms with Gasteiger partial charge in [-0.05, 0) is 64.5 Å². The highest BCUT2D eigenvalue weighted by molar-refractivity contribution is 5.67. The molecule has 0 saturated heterocycles. The van der Waals surface area contributed by atoms with E-state index in [1.165, 1.54) is 6.07 Å². The van der Waals surface area contributed by atoms with E-state index in [0.717, 1.165) is 37.9 Å². The van der Waals surface area contributed by atoms with Crippen molar-refractivity contribution in [3.05, 3.63) is 24.0 Å². The number of alkyl halides is 3. The molecule has 0 spiro atoms. The number of amides is 1. The van der Waals surface area contributed by atoms with Crippen molar-refractivity contribution >= 4 is 6.09 Å². The molecular weight excluding hydrogens is 349 g/mol. The number of nitrogens with zero attached hydrogens (tertiary/aromatic N) is 1. The Morgan fingerprint density at radius 3 is 2.35 bits per heavy atom. The summed E-state index contributed by atoms with van der Waals surface area (Å²) in [6.07, 6.45) is -0.513. The highest BCUT2D eigenvalue weighted by atomic mass is 19.4. The largest absolute Gasteiger partial charge is 0.489 e. The standard InChI is InChI=1S/C18H25F3N2O3/c1-17(2,3)26-16(24)23-10-12-4-6-13(7-5-12)25-14-8-9-15(22-11-14)18(19,20)21/h8-9,11-13H,4-7,10H2,1-3H3,(H,23,24). The van der Waals surface area contributed by atoms with Gasteiger partial charge in [0.25, 0.3) is 0 Å². The molecule has 146 valence electrons. The Kier molecular flexibility index (Phi) is 6.36. The molecule has 0 atom stereocenters. The summed E-state index contributed by atoms with van der Waals surface area (Å²) in [5.41, 5.74) is -1.45. The number of halogens is 3. The molecular formula is C18H25F3N2O3. The zero-order valence-corrected chi connectivity index (χ0v) is 15.2. The number of rotatable bonds is 4.